The smallest absolute Gasteiger partial charge is 0.258 e. The molecule has 1 aliphatic rings. The van der Waals surface area contributed by atoms with Crippen LogP contribution in [-0.4, -0.2) is 18.4 Å². The minimum atomic E-state index is -0.159. The molecular weight excluding hydrogens is 398 g/mol. The van der Waals surface area contributed by atoms with Crippen LogP contribution in [0.5, 0.6) is 0 Å². The Morgan fingerprint density at radius 2 is 1.66 bits per heavy atom. The first-order valence-corrected chi connectivity index (χ1v) is 10.8. The summed E-state index contributed by atoms with van der Waals surface area (Å²) >= 11 is 0. The molecule has 5 nitrogen and oxygen atoms in total. The van der Waals surface area contributed by atoms with Crippen molar-refractivity contribution in [3.8, 4) is 6.07 Å². The molecule has 0 aliphatic heterocycles. The highest BCUT2D eigenvalue weighted by Crippen LogP contribution is 2.27. The van der Waals surface area contributed by atoms with Crippen molar-refractivity contribution >= 4 is 17.5 Å². The van der Waals surface area contributed by atoms with E-state index in [1.165, 1.54) is 12.8 Å². The van der Waals surface area contributed by atoms with Crippen LogP contribution in [0.2, 0.25) is 0 Å². The Labute approximate surface area is 188 Å². The Balaban J connectivity index is 1.57. The topological polar surface area (TPSA) is 73.2 Å². The van der Waals surface area contributed by atoms with Crippen LogP contribution in [0, 0.1) is 17.2 Å². The van der Waals surface area contributed by atoms with Gasteiger partial charge in [0.25, 0.3) is 5.91 Å². The molecular formula is C27H25N3O2. The molecule has 3 aromatic carbocycles. The summed E-state index contributed by atoms with van der Waals surface area (Å²) in [6, 6.07) is 26.1. The van der Waals surface area contributed by atoms with Gasteiger partial charge in [0.1, 0.15) is 0 Å². The third-order valence-electron chi connectivity index (χ3n) is 5.56. The first kappa shape index (κ1) is 21.3. The lowest BCUT2D eigenvalue weighted by Gasteiger charge is -2.24. The van der Waals surface area contributed by atoms with E-state index in [0.29, 0.717) is 23.6 Å². The summed E-state index contributed by atoms with van der Waals surface area (Å²) in [5.74, 6) is 0.479. The molecule has 0 spiro atoms. The molecule has 0 unspecified atom stereocenters. The second kappa shape index (κ2) is 9.93. The summed E-state index contributed by atoms with van der Waals surface area (Å²) in [5, 5.41) is 12.0. The van der Waals surface area contributed by atoms with Crippen molar-refractivity contribution in [2.45, 2.75) is 25.8 Å². The molecule has 0 heterocycles. The van der Waals surface area contributed by atoms with Crippen molar-refractivity contribution < 1.29 is 9.59 Å². The highest BCUT2D eigenvalue weighted by molar-refractivity contribution is 6.06. The zero-order chi connectivity index (χ0) is 22.3. The molecule has 0 saturated heterocycles. The molecule has 4 rings (SSSR count). The molecule has 160 valence electrons. The number of carbonyl (C=O) groups is 2. The minimum Gasteiger partial charge on any atom is -0.356 e. The van der Waals surface area contributed by atoms with Crippen molar-refractivity contribution in [1.29, 1.82) is 5.26 Å². The van der Waals surface area contributed by atoms with Crippen LogP contribution in [0.1, 0.15) is 39.9 Å². The summed E-state index contributed by atoms with van der Waals surface area (Å²) in [6.45, 7) is 1.15. The fourth-order valence-corrected chi connectivity index (χ4v) is 3.55. The lowest BCUT2D eigenvalue weighted by molar-refractivity contribution is -0.120. The van der Waals surface area contributed by atoms with Gasteiger partial charge < -0.3 is 10.2 Å². The van der Waals surface area contributed by atoms with Crippen molar-refractivity contribution in [2.75, 3.05) is 11.4 Å². The zero-order valence-electron chi connectivity index (χ0n) is 17.8. The first-order chi connectivity index (χ1) is 15.6. The number of nitriles is 1. The SMILES string of the molecule is N#Cc1ccc(C(=O)N(Cc2ccccc2)c2cccc(CC(=O)NCC3CC3)c2)cc1. The summed E-state index contributed by atoms with van der Waals surface area (Å²) in [7, 11) is 0. The van der Waals surface area contributed by atoms with E-state index in [4.69, 9.17) is 5.26 Å². The van der Waals surface area contributed by atoms with Gasteiger partial charge in [-0.3, -0.25) is 9.59 Å². The van der Waals surface area contributed by atoms with Crippen molar-refractivity contribution in [1.82, 2.24) is 5.32 Å². The maximum absolute atomic E-state index is 13.4. The fraction of sp³-hybridized carbons (Fsp3) is 0.222. The van der Waals surface area contributed by atoms with Crippen LogP contribution in [0.4, 0.5) is 5.69 Å². The Kier molecular flexibility index (Phi) is 6.62. The van der Waals surface area contributed by atoms with E-state index in [1.807, 2.05) is 54.6 Å². The van der Waals surface area contributed by atoms with E-state index in [9.17, 15) is 9.59 Å². The molecule has 0 atom stereocenters. The fourth-order valence-electron chi connectivity index (χ4n) is 3.55. The number of rotatable bonds is 8. The molecule has 1 saturated carbocycles. The Hall–Kier alpha value is -3.91. The highest BCUT2D eigenvalue weighted by Gasteiger charge is 2.22. The van der Waals surface area contributed by atoms with Gasteiger partial charge in [-0.1, -0.05) is 42.5 Å². The predicted molar refractivity (Wildman–Crippen MR) is 124 cm³/mol. The molecule has 32 heavy (non-hydrogen) atoms. The van der Waals surface area contributed by atoms with E-state index in [-0.39, 0.29) is 18.2 Å². The van der Waals surface area contributed by atoms with Crippen LogP contribution in [0.3, 0.4) is 0 Å². The number of nitrogens with zero attached hydrogens (tertiary/aromatic N) is 2. The molecule has 0 radical (unpaired) electrons. The molecule has 2 amide bonds. The van der Waals surface area contributed by atoms with Crippen LogP contribution >= 0.6 is 0 Å². The predicted octanol–water partition coefficient (Wildman–Crippen LogP) is 4.47. The lowest BCUT2D eigenvalue weighted by atomic mass is 10.1. The van der Waals surface area contributed by atoms with E-state index in [2.05, 4.69) is 11.4 Å². The number of hydrogen-bond acceptors (Lipinski definition) is 3. The summed E-state index contributed by atoms with van der Waals surface area (Å²) in [5.41, 5.74) is 3.61. The maximum Gasteiger partial charge on any atom is 0.258 e. The average molecular weight is 424 g/mol. The van der Waals surface area contributed by atoms with E-state index in [0.717, 1.165) is 23.4 Å². The van der Waals surface area contributed by atoms with Gasteiger partial charge in [0.05, 0.1) is 24.6 Å². The highest BCUT2D eigenvalue weighted by atomic mass is 16.2. The standard InChI is InChI=1S/C27H25N3O2/c28-17-20-11-13-24(14-12-20)27(32)30(19-22-5-2-1-3-6-22)25-8-4-7-23(15-25)16-26(31)29-18-21-9-10-21/h1-8,11-15,21H,9-10,16,18-19H2,(H,29,31). The molecule has 0 bridgehead atoms. The van der Waals surface area contributed by atoms with Gasteiger partial charge in [-0.25, -0.2) is 0 Å². The molecule has 5 heteroatoms. The number of nitrogens with one attached hydrogen (secondary N) is 1. The van der Waals surface area contributed by atoms with E-state index >= 15 is 0 Å². The van der Waals surface area contributed by atoms with Crippen LogP contribution in [-0.2, 0) is 17.8 Å². The number of hydrogen-bond donors (Lipinski definition) is 1. The number of benzene rings is 3. The van der Waals surface area contributed by atoms with E-state index in [1.54, 1.807) is 29.2 Å². The minimum absolute atomic E-state index is 0.00192. The monoisotopic (exact) mass is 423 g/mol. The summed E-state index contributed by atoms with van der Waals surface area (Å²) in [4.78, 5) is 27.5. The number of amides is 2. The Bertz CT molecular complexity index is 1130. The van der Waals surface area contributed by atoms with Gasteiger partial charge in [0, 0.05) is 17.8 Å². The molecule has 3 aromatic rings. The normalized spacial score (nSPS) is 12.6. The van der Waals surface area contributed by atoms with Gasteiger partial charge in [0.15, 0.2) is 0 Å². The lowest BCUT2D eigenvalue weighted by Crippen LogP contribution is -2.31. The van der Waals surface area contributed by atoms with Gasteiger partial charge in [-0.15, -0.1) is 0 Å². The van der Waals surface area contributed by atoms with E-state index < -0.39 is 0 Å². The molecule has 1 aliphatic carbocycles. The average Bonchev–Trinajstić information content (AvgIpc) is 3.66. The third kappa shape index (κ3) is 5.61. The van der Waals surface area contributed by atoms with Crippen LogP contribution in [0.25, 0.3) is 0 Å². The van der Waals surface area contributed by atoms with Gasteiger partial charge >= 0.3 is 0 Å². The molecule has 1 N–H and O–H groups in total. The summed E-state index contributed by atoms with van der Waals surface area (Å²) < 4.78 is 0. The second-order valence-electron chi connectivity index (χ2n) is 8.16. The first-order valence-electron chi connectivity index (χ1n) is 10.8. The van der Waals surface area contributed by atoms with Gasteiger partial charge in [-0.2, -0.15) is 5.26 Å². The van der Waals surface area contributed by atoms with Crippen LogP contribution < -0.4 is 10.2 Å². The van der Waals surface area contributed by atoms with Crippen molar-refractivity contribution in [2.24, 2.45) is 5.92 Å². The maximum atomic E-state index is 13.4. The Morgan fingerprint density at radius 1 is 0.938 bits per heavy atom. The van der Waals surface area contributed by atoms with Gasteiger partial charge in [-0.05, 0) is 66.3 Å². The second-order valence-corrected chi connectivity index (χ2v) is 8.16. The summed E-state index contributed by atoms with van der Waals surface area (Å²) in [6.07, 6.45) is 2.67. The zero-order valence-corrected chi connectivity index (χ0v) is 17.8. The molecule has 1 fully saturated rings. The third-order valence-corrected chi connectivity index (χ3v) is 5.56. The van der Waals surface area contributed by atoms with Crippen molar-refractivity contribution in [3.63, 3.8) is 0 Å². The van der Waals surface area contributed by atoms with Gasteiger partial charge in [0.2, 0.25) is 5.91 Å². The number of carbonyl (C=O) groups excluding carboxylic acids is 2. The number of anilines is 1. The quantitative estimate of drug-likeness (QED) is 0.581. The van der Waals surface area contributed by atoms with Crippen LogP contribution in [0.15, 0.2) is 78.9 Å². The van der Waals surface area contributed by atoms with Crippen molar-refractivity contribution in [3.05, 3.63) is 101 Å². The Morgan fingerprint density at radius 3 is 2.34 bits per heavy atom. The largest absolute Gasteiger partial charge is 0.356 e. The molecule has 0 aromatic heterocycles.